The molecule has 1 saturated carbocycles. The van der Waals surface area contributed by atoms with Gasteiger partial charge >= 0.3 is 5.97 Å². The van der Waals surface area contributed by atoms with Gasteiger partial charge in [0.1, 0.15) is 6.10 Å². The summed E-state index contributed by atoms with van der Waals surface area (Å²) < 4.78 is 5.84. The molecule has 0 spiro atoms. The molecule has 0 aromatic heterocycles. The van der Waals surface area contributed by atoms with E-state index in [-0.39, 0.29) is 29.5 Å². The monoisotopic (exact) mass is 395 g/mol. The van der Waals surface area contributed by atoms with Crippen molar-refractivity contribution >= 4 is 11.9 Å². The largest absolute Gasteiger partial charge is 0.462 e. The number of rotatable bonds is 12. The summed E-state index contributed by atoms with van der Waals surface area (Å²) in [6.45, 7) is 10.4. The Bertz CT molecular complexity index is 490. The number of hydrogen-bond acceptors (Lipinski definition) is 3. The lowest BCUT2D eigenvalue weighted by Crippen LogP contribution is -2.51. The van der Waals surface area contributed by atoms with Crippen LogP contribution in [0.3, 0.4) is 0 Å². The van der Waals surface area contributed by atoms with Crippen LogP contribution in [0.4, 0.5) is 0 Å². The summed E-state index contributed by atoms with van der Waals surface area (Å²) in [5.74, 6) is 1.02. The van der Waals surface area contributed by atoms with Gasteiger partial charge in [-0.25, -0.2) is 4.99 Å². The number of unbranched alkanes of at least 4 members (excludes halogenated alkanes) is 6. The minimum atomic E-state index is -0.342. The second-order valence-electron chi connectivity index (χ2n) is 9.10. The first-order valence-corrected chi connectivity index (χ1v) is 11.5. The maximum Gasteiger partial charge on any atom is 0.302 e. The molecule has 5 unspecified atom stereocenters. The summed E-state index contributed by atoms with van der Waals surface area (Å²) in [5.41, 5.74) is 11.4. The molecule has 1 aliphatic rings. The Kier molecular flexibility index (Phi) is 10.9. The maximum atomic E-state index is 11.8. The maximum absolute atomic E-state index is 11.8. The molecule has 5 heteroatoms. The molecule has 0 heterocycles. The van der Waals surface area contributed by atoms with E-state index >= 15 is 0 Å². The quantitative estimate of drug-likeness (QED) is 0.206. The SMILES string of the molecule is CCCCCCCCCC(CC)(N=C(N)N)C1CC(C)CC(C)C1OC(C)=O. The average molecular weight is 396 g/mol. The van der Waals surface area contributed by atoms with Crippen LogP contribution < -0.4 is 11.5 Å². The lowest BCUT2D eigenvalue weighted by Gasteiger charge is -2.47. The number of esters is 1. The number of guanidine groups is 1. The summed E-state index contributed by atoms with van der Waals surface area (Å²) in [6, 6.07) is 0. The highest BCUT2D eigenvalue weighted by atomic mass is 16.5. The van der Waals surface area contributed by atoms with Crippen LogP contribution in [0, 0.1) is 17.8 Å². The van der Waals surface area contributed by atoms with E-state index in [0.717, 1.165) is 32.1 Å². The Morgan fingerprint density at radius 2 is 1.64 bits per heavy atom. The molecule has 1 rings (SSSR count). The number of nitrogens with two attached hydrogens (primary N) is 2. The molecule has 0 aromatic carbocycles. The van der Waals surface area contributed by atoms with Crippen molar-refractivity contribution in [2.75, 3.05) is 0 Å². The van der Waals surface area contributed by atoms with Crippen LogP contribution in [0.2, 0.25) is 0 Å². The molecular weight excluding hydrogens is 350 g/mol. The fourth-order valence-electron chi connectivity index (χ4n) is 5.23. The highest BCUT2D eigenvalue weighted by Gasteiger charge is 2.48. The molecule has 28 heavy (non-hydrogen) atoms. The van der Waals surface area contributed by atoms with Gasteiger partial charge in [0, 0.05) is 12.8 Å². The van der Waals surface area contributed by atoms with Gasteiger partial charge in [-0.05, 0) is 37.5 Å². The van der Waals surface area contributed by atoms with Gasteiger partial charge in [0.2, 0.25) is 0 Å². The third-order valence-electron chi connectivity index (χ3n) is 6.56. The highest BCUT2D eigenvalue weighted by molar-refractivity contribution is 5.76. The standard InChI is InChI=1S/C23H45N3O2/c1-6-8-9-10-11-12-13-14-23(7-2,26-22(24)25)20-16-17(3)15-18(4)21(20)28-19(5)27/h17-18,20-21H,6-16H2,1-5H3,(H4,24,25,26). The lowest BCUT2D eigenvalue weighted by atomic mass is 9.64. The smallest absolute Gasteiger partial charge is 0.302 e. The van der Waals surface area contributed by atoms with E-state index in [9.17, 15) is 4.79 Å². The number of aliphatic imine (C=N–C) groups is 1. The van der Waals surface area contributed by atoms with E-state index in [0.29, 0.717) is 11.8 Å². The zero-order valence-electron chi connectivity index (χ0n) is 19.0. The average Bonchev–Trinajstić information content (AvgIpc) is 2.61. The molecule has 0 radical (unpaired) electrons. The van der Waals surface area contributed by atoms with Crippen LogP contribution >= 0.6 is 0 Å². The van der Waals surface area contributed by atoms with Crippen LogP contribution in [0.25, 0.3) is 0 Å². The summed E-state index contributed by atoms with van der Waals surface area (Å²) >= 11 is 0. The summed E-state index contributed by atoms with van der Waals surface area (Å²) in [6.07, 6.45) is 12.6. The Morgan fingerprint density at radius 1 is 1.04 bits per heavy atom. The van der Waals surface area contributed by atoms with Gasteiger partial charge in [-0.1, -0.05) is 72.6 Å². The lowest BCUT2D eigenvalue weighted by molar-refractivity contribution is -0.158. The predicted molar refractivity (Wildman–Crippen MR) is 118 cm³/mol. The zero-order valence-corrected chi connectivity index (χ0v) is 19.0. The fourth-order valence-corrected chi connectivity index (χ4v) is 5.23. The van der Waals surface area contributed by atoms with Crippen LogP contribution in [0.15, 0.2) is 4.99 Å². The van der Waals surface area contributed by atoms with Crippen molar-refractivity contribution in [2.45, 2.75) is 117 Å². The van der Waals surface area contributed by atoms with Crippen molar-refractivity contribution in [3.05, 3.63) is 0 Å². The molecule has 164 valence electrons. The number of carbonyl (C=O) groups is 1. The molecular formula is C23H45N3O2. The molecule has 0 saturated heterocycles. The van der Waals surface area contributed by atoms with Gasteiger partial charge in [-0.3, -0.25) is 4.79 Å². The summed E-state index contributed by atoms with van der Waals surface area (Å²) in [4.78, 5) is 16.6. The molecule has 4 N–H and O–H groups in total. The highest BCUT2D eigenvalue weighted by Crippen LogP contribution is 2.46. The van der Waals surface area contributed by atoms with E-state index in [1.165, 1.54) is 45.4 Å². The van der Waals surface area contributed by atoms with Gasteiger partial charge in [-0.2, -0.15) is 0 Å². The molecule has 5 nitrogen and oxygen atoms in total. The van der Waals surface area contributed by atoms with E-state index in [1.807, 2.05) is 0 Å². The van der Waals surface area contributed by atoms with Crippen molar-refractivity contribution in [2.24, 2.45) is 34.2 Å². The Hall–Kier alpha value is -1.26. The van der Waals surface area contributed by atoms with Crippen LogP contribution in [0.1, 0.15) is 105 Å². The van der Waals surface area contributed by atoms with E-state index in [1.54, 1.807) is 0 Å². The van der Waals surface area contributed by atoms with Gasteiger partial charge in [0.25, 0.3) is 0 Å². The molecule has 5 atom stereocenters. The van der Waals surface area contributed by atoms with Crippen molar-refractivity contribution in [3.63, 3.8) is 0 Å². The summed E-state index contributed by atoms with van der Waals surface area (Å²) in [5, 5.41) is 0. The third-order valence-corrected chi connectivity index (χ3v) is 6.56. The third kappa shape index (κ3) is 7.63. The summed E-state index contributed by atoms with van der Waals surface area (Å²) in [7, 11) is 0. The Labute approximate surface area is 173 Å². The number of ether oxygens (including phenoxy) is 1. The van der Waals surface area contributed by atoms with Crippen molar-refractivity contribution in [1.82, 2.24) is 0 Å². The molecule has 0 aliphatic heterocycles. The van der Waals surface area contributed by atoms with E-state index in [4.69, 9.17) is 21.2 Å². The Balaban J connectivity index is 2.95. The van der Waals surface area contributed by atoms with E-state index in [2.05, 4.69) is 27.7 Å². The number of nitrogens with zero attached hydrogens (tertiary/aromatic N) is 1. The van der Waals surface area contributed by atoms with Gasteiger partial charge in [-0.15, -0.1) is 0 Å². The molecule has 0 bridgehead atoms. The van der Waals surface area contributed by atoms with Crippen molar-refractivity contribution in [3.8, 4) is 0 Å². The second-order valence-corrected chi connectivity index (χ2v) is 9.10. The number of carbonyl (C=O) groups excluding carboxylic acids is 1. The molecule has 1 aliphatic carbocycles. The van der Waals surface area contributed by atoms with Crippen LogP contribution in [0.5, 0.6) is 0 Å². The van der Waals surface area contributed by atoms with Crippen molar-refractivity contribution < 1.29 is 9.53 Å². The van der Waals surface area contributed by atoms with Crippen LogP contribution in [-0.2, 0) is 9.53 Å². The first kappa shape index (κ1) is 24.8. The Morgan fingerprint density at radius 3 is 2.18 bits per heavy atom. The minimum absolute atomic E-state index is 0.110. The first-order valence-electron chi connectivity index (χ1n) is 11.5. The topological polar surface area (TPSA) is 90.7 Å². The van der Waals surface area contributed by atoms with E-state index < -0.39 is 0 Å². The van der Waals surface area contributed by atoms with Crippen LogP contribution in [-0.4, -0.2) is 23.6 Å². The minimum Gasteiger partial charge on any atom is -0.462 e. The molecule has 0 amide bonds. The van der Waals surface area contributed by atoms with Gasteiger partial charge in [0.15, 0.2) is 5.96 Å². The van der Waals surface area contributed by atoms with Crippen molar-refractivity contribution in [1.29, 1.82) is 0 Å². The predicted octanol–water partition coefficient (Wildman–Crippen LogP) is 5.16. The van der Waals surface area contributed by atoms with Gasteiger partial charge in [0.05, 0.1) is 5.54 Å². The first-order chi connectivity index (χ1) is 13.3. The molecule has 1 fully saturated rings. The fraction of sp³-hybridized carbons (Fsp3) is 0.913. The second kappa shape index (κ2) is 12.3. The normalized spacial score (nSPS) is 27.0. The number of hydrogen-bond donors (Lipinski definition) is 2. The van der Waals surface area contributed by atoms with Gasteiger partial charge < -0.3 is 16.2 Å². The zero-order chi connectivity index (χ0) is 21.2. The molecule has 0 aromatic rings.